The van der Waals surface area contributed by atoms with Crippen LogP contribution in [0.4, 0.5) is 4.39 Å². The van der Waals surface area contributed by atoms with Gasteiger partial charge in [0.1, 0.15) is 11.5 Å². The fourth-order valence-corrected chi connectivity index (χ4v) is 8.58. The second-order valence-electron chi connectivity index (χ2n) is 14.6. The summed E-state index contributed by atoms with van der Waals surface area (Å²) in [7, 11) is 3.13. The molecule has 0 bridgehead atoms. The van der Waals surface area contributed by atoms with Gasteiger partial charge in [0.05, 0.1) is 36.8 Å². The van der Waals surface area contributed by atoms with Gasteiger partial charge in [0.25, 0.3) is 0 Å². The van der Waals surface area contributed by atoms with E-state index in [1.165, 1.54) is 0 Å². The van der Waals surface area contributed by atoms with Crippen LogP contribution in [0.1, 0.15) is 29.7 Å². The molecule has 4 saturated heterocycles. The highest BCUT2D eigenvalue weighted by molar-refractivity contribution is 6.36. The van der Waals surface area contributed by atoms with Crippen molar-refractivity contribution in [2.45, 2.75) is 32.9 Å². The van der Waals surface area contributed by atoms with Gasteiger partial charge < -0.3 is 20.1 Å². The lowest BCUT2D eigenvalue weighted by molar-refractivity contribution is -0.121. The van der Waals surface area contributed by atoms with Gasteiger partial charge >= 0.3 is 0 Å². The molecule has 4 aromatic rings. The summed E-state index contributed by atoms with van der Waals surface area (Å²) in [6, 6.07) is 12.5. The van der Waals surface area contributed by atoms with Crippen LogP contribution < -0.4 is 20.1 Å². The van der Waals surface area contributed by atoms with Gasteiger partial charge in [-0.25, -0.2) is 14.4 Å². The minimum atomic E-state index is -0.452. The Labute approximate surface area is 300 Å². The van der Waals surface area contributed by atoms with Gasteiger partial charge in [0.2, 0.25) is 23.6 Å². The Bertz CT molecular complexity index is 2060. The van der Waals surface area contributed by atoms with E-state index in [1.54, 1.807) is 44.7 Å². The SMILES string of the molecule is COc1nc(-c2cccc(-c3cccc(-c4cc(C)c(CN5CC6(CNC(=O)C6)C5)c(OC)n4)c3F)c2Cl)cnc1CN1CC2(CNC(=O)C2)C1. The number of methoxy groups -OCH3 is 2. The average Bonchev–Trinajstić information content (AvgIpc) is 3.68. The number of pyridine rings is 1. The third kappa shape index (κ3) is 6.08. The van der Waals surface area contributed by atoms with E-state index in [2.05, 4.69) is 25.4 Å². The smallest absolute Gasteiger partial charge is 0.237 e. The van der Waals surface area contributed by atoms with E-state index in [-0.39, 0.29) is 22.6 Å². The van der Waals surface area contributed by atoms with E-state index in [4.69, 9.17) is 31.0 Å². The van der Waals surface area contributed by atoms with Gasteiger partial charge in [-0.15, -0.1) is 0 Å². The number of rotatable bonds is 9. The molecule has 11 nitrogen and oxygen atoms in total. The third-order valence-electron chi connectivity index (χ3n) is 10.7. The molecule has 2 aromatic heterocycles. The summed E-state index contributed by atoms with van der Waals surface area (Å²) in [5, 5.41) is 6.22. The zero-order valence-corrected chi connectivity index (χ0v) is 29.6. The molecule has 2 N–H and O–H groups in total. The quantitative estimate of drug-likeness (QED) is 0.256. The first-order valence-electron chi connectivity index (χ1n) is 17.1. The maximum absolute atomic E-state index is 16.5. The number of hydrogen-bond acceptors (Lipinski definition) is 9. The molecule has 4 aliphatic heterocycles. The van der Waals surface area contributed by atoms with Gasteiger partial charge in [-0.05, 0) is 24.6 Å². The van der Waals surface area contributed by atoms with E-state index in [0.29, 0.717) is 88.6 Å². The van der Waals surface area contributed by atoms with Crippen LogP contribution in [-0.2, 0) is 22.7 Å². The van der Waals surface area contributed by atoms with E-state index in [0.717, 1.165) is 43.9 Å². The Balaban J connectivity index is 1.03. The van der Waals surface area contributed by atoms with Crippen LogP contribution in [0.5, 0.6) is 11.8 Å². The topological polar surface area (TPSA) is 122 Å². The number of benzene rings is 2. The number of ether oxygens (including phenoxy) is 2. The predicted octanol–water partition coefficient (Wildman–Crippen LogP) is 4.63. The highest BCUT2D eigenvalue weighted by Crippen LogP contribution is 2.42. The van der Waals surface area contributed by atoms with E-state index in [9.17, 15) is 9.59 Å². The molecule has 0 radical (unpaired) electrons. The van der Waals surface area contributed by atoms with E-state index >= 15 is 4.39 Å². The van der Waals surface area contributed by atoms with Gasteiger partial charge in [-0.2, -0.15) is 0 Å². The molecule has 2 amide bonds. The standard InChI is InChI=1S/C38H39ClFN7O4/c1-22-10-28(44-35(50-2)27(22)14-46-18-37(19-46)11-31(48)42-16-37)26-9-5-7-24(34(26)40)23-6-4-8-25(33(23)39)29-13-41-30(36(45-29)51-3)15-47-20-38(21-47)12-32(49)43-17-38/h4-10,13H,11-12,14-21H2,1-3H3,(H,42,48)(H,43,49). The number of likely N-dealkylation sites (tertiary alicyclic amines) is 2. The number of aromatic nitrogens is 3. The van der Waals surface area contributed by atoms with Crippen LogP contribution in [0.25, 0.3) is 33.6 Å². The van der Waals surface area contributed by atoms with Gasteiger partial charge in [0, 0.05) is 104 Å². The van der Waals surface area contributed by atoms with Gasteiger partial charge in [-0.3, -0.25) is 24.4 Å². The summed E-state index contributed by atoms with van der Waals surface area (Å²) in [4.78, 5) is 42.2. The van der Waals surface area contributed by atoms with Gasteiger partial charge in [-0.1, -0.05) is 41.9 Å². The van der Waals surface area contributed by atoms with Crippen molar-refractivity contribution in [3.8, 4) is 45.4 Å². The average molecular weight is 712 g/mol. The Morgan fingerprint density at radius 1 is 0.804 bits per heavy atom. The molecule has 0 unspecified atom stereocenters. The summed E-state index contributed by atoms with van der Waals surface area (Å²) in [6.07, 6.45) is 2.79. The van der Waals surface area contributed by atoms with Crippen molar-refractivity contribution < 1.29 is 23.5 Å². The van der Waals surface area contributed by atoms with Crippen LogP contribution in [0.2, 0.25) is 5.02 Å². The highest BCUT2D eigenvalue weighted by Gasteiger charge is 2.49. The molecule has 0 aliphatic carbocycles. The van der Waals surface area contributed by atoms with Crippen molar-refractivity contribution in [1.82, 2.24) is 35.4 Å². The first-order chi connectivity index (χ1) is 24.6. The molecule has 51 heavy (non-hydrogen) atoms. The highest BCUT2D eigenvalue weighted by atomic mass is 35.5. The Morgan fingerprint density at radius 2 is 1.37 bits per heavy atom. The number of carbonyl (C=O) groups excluding carboxylic acids is 2. The molecule has 4 aliphatic rings. The van der Waals surface area contributed by atoms with Crippen LogP contribution in [-0.4, -0.2) is 90.1 Å². The first-order valence-corrected chi connectivity index (χ1v) is 17.5. The summed E-state index contributed by atoms with van der Waals surface area (Å²) in [6.45, 7) is 7.88. The third-order valence-corrected chi connectivity index (χ3v) is 11.1. The molecule has 2 aromatic carbocycles. The van der Waals surface area contributed by atoms with Crippen LogP contribution >= 0.6 is 11.6 Å². The number of amides is 2. The van der Waals surface area contributed by atoms with Crippen molar-refractivity contribution in [2.24, 2.45) is 10.8 Å². The molecular weight excluding hydrogens is 673 g/mol. The second-order valence-corrected chi connectivity index (χ2v) is 14.9. The number of hydrogen-bond donors (Lipinski definition) is 2. The molecule has 264 valence electrons. The maximum Gasteiger partial charge on any atom is 0.237 e. The van der Waals surface area contributed by atoms with E-state index < -0.39 is 5.82 Å². The fraction of sp³-hybridized carbons (Fsp3) is 0.395. The molecule has 0 atom stereocenters. The monoisotopic (exact) mass is 711 g/mol. The van der Waals surface area contributed by atoms with Crippen LogP contribution in [0.3, 0.4) is 0 Å². The molecule has 13 heteroatoms. The van der Waals surface area contributed by atoms with Gasteiger partial charge in [0.15, 0.2) is 0 Å². The lowest BCUT2D eigenvalue weighted by Crippen LogP contribution is -2.56. The number of halogens is 2. The molecule has 4 fully saturated rings. The lowest BCUT2D eigenvalue weighted by Gasteiger charge is -2.47. The lowest BCUT2D eigenvalue weighted by atomic mass is 9.78. The maximum atomic E-state index is 16.5. The molecule has 0 saturated carbocycles. The van der Waals surface area contributed by atoms with Crippen molar-refractivity contribution >= 4 is 23.4 Å². The fourth-order valence-electron chi connectivity index (χ4n) is 8.26. The second kappa shape index (κ2) is 12.8. The van der Waals surface area contributed by atoms with Crippen molar-refractivity contribution in [3.05, 3.63) is 76.3 Å². The molecule has 8 rings (SSSR count). The molecule has 6 heterocycles. The summed E-state index contributed by atoms with van der Waals surface area (Å²) in [5.41, 5.74) is 5.34. The Hall–Kier alpha value is -4.65. The number of nitrogens with zero attached hydrogens (tertiary/aromatic N) is 5. The number of nitrogens with one attached hydrogen (secondary N) is 2. The Morgan fingerprint density at radius 3 is 1.98 bits per heavy atom. The van der Waals surface area contributed by atoms with Crippen molar-refractivity contribution in [1.29, 1.82) is 0 Å². The number of carbonyl (C=O) groups is 2. The normalized spacial score (nSPS) is 19.2. The minimum absolute atomic E-state index is 0.0118. The van der Waals surface area contributed by atoms with Crippen LogP contribution in [0, 0.1) is 23.6 Å². The molecule has 2 spiro atoms. The zero-order valence-electron chi connectivity index (χ0n) is 28.8. The Kier molecular flexibility index (Phi) is 8.43. The summed E-state index contributed by atoms with van der Waals surface area (Å²) >= 11 is 7.01. The summed E-state index contributed by atoms with van der Waals surface area (Å²) in [5.74, 6) is 0.613. The predicted molar refractivity (Wildman–Crippen MR) is 190 cm³/mol. The van der Waals surface area contributed by atoms with Crippen molar-refractivity contribution in [2.75, 3.05) is 53.5 Å². The summed E-state index contributed by atoms with van der Waals surface area (Å²) < 4.78 is 27.9. The van der Waals surface area contributed by atoms with Crippen molar-refractivity contribution in [3.63, 3.8) is 0 Å². The largest absolute Gasteiger partial charge is 0.481 e. The first kappa shape index (κ1) is 33.5. The minimum Gasteiger partial charge on any atom is -0.481 e. The number of aryl methyl sites for hydroxylation is 1. The van der Waals surface area contributed by atoms with E-state index in [1.807, 2.05) is 25.1 Å². The van der Waals surface area contributed by atoms with Crippen LogP contribution in [0.15, 0.2) is 48.7 Å². The zero-order chi connectivity index (χ0) is 35.5. The molecular formula is C38H39ClFN7O4.